The number of benzene rings is 2. The summed E-state index contributed by atoms with van der Waals surface area (Å²) in [5, 5.41) is 2.89. The first-order valence-electron chi connectivity index (χ1n) is 8.41. The van der Waals surface area contributed by atoms with Crippen LogP contribution < -0.4 is 10.2 Å². The number of nitrogens with zero attached hydrogens (tertiary/aromatic N) is 1. The molecule has 1 N–H and O–H groups in total. The monoisotopic (exact) mass is 338 g/mol. The third kappa shape index (κ3) is 3.82. The first kappa shape index (κ1) is 17.0. The van der Waals surface area contributed by atoms with Gasteiger partial charge >= 0.3 is 5.97 Å². The number of anilines is 2. The molecular weight excluding hydrogens is 316 g/mol. The fraction of sp³-hybridized carbons (Fsp3) is 0.300. The highest BCUT2D eigenvalue weighted by atomic mass is 16.5. The van der Waals surface area contributed by atoms with Crippen LogP contribution in [-0.4, -0.2) is 31.6 Å². The van der Waals surface area contributed by atoms with Crippen molar-refractivity contribution in [1.29, 1.82) is 0 Å². The summed E-state index contributed by atoms with van der Waals surface area (Å²) in [5.41, 5.74) is 3.54. The number of amides is 1. The standard InChI is InChI=1S/C20H22N2O3/c1-14-7-8-15-5-3-4-6-18(15)22(14)13-19(23)21-17-11-9-16(10-12-17)20(24)25-2/h3-6,9-12,14H,7-8,13H2,1-2H3,(H,21,23). The molecule has 0 bridgehead atoms. The smallest absolute Gasteiger partial charge is 0.337 e. The largest absolute Gasteiger partial charge is 0.465 e. The second-order valence-corrected chi connectivity index (χ2v) is 6.26. The number of ether oxygens (including phenoxy) is 1. The molecule has 1 aliphatic heterocycles. The predicted octanol–water partition coefficient (Wildman–Crippen LogP) is 3.25. The van der Waals surface area contributed by atoms with Crippen molar-refractivity contribution >= 4 is 23.3 Å². The third-order valence-electron chi connectivity index (χ3n) is 4.57. The van der Waals surface area contributed by atoms with E-state index in [0.29, 0.717) is 23.8 Å². The zero-order valence-electron chi connectivity index (χ0n) is 14.5. The van der Waals surface area contributed by atoms with Gasteiger partial charge in [-0.25, -0.2) is 4.79 Å². The summed E-state index contributed by atoms with van der Waals surface area (Å²) in [6, 6.07) is 15.3. The van der Waals surface area contributed by atoms with Gasteiger partial charge in [0.2, 0.25) is 5.91 Å². The van der Waals surface area contributed by atoms with E-state index in [4.69, 9.17) is 0 Å². The molecule has 0 saturated carbocycles. The molecule has 5 heteroatoms. The molecule has 0 fully saturated rings. The maximum atomic E-state index is 12.5. The van der Waals surface area contributed by atoms with Crippen LogP contribution in [0.1, 0.15) is 29.3 Å². The Morgan fingerprint density at radius 3 is 2.60 bits per heavy atom. The van der Waals surface area contributed by atoms with Gasteiger partial charge in [0, 0.05) is 17.4 Å². The lowest BCUT2D eigenvalue weighted by molar-refractivity contribution is -0.115. The van der Waals surface area contributed by atoms with Crippen molar-refractivity contribution in [2.45, 2.75) is 25.8 Å². The molecule has 130 valence electrons. The van der Waals surface area contributed by atoms with Crippen molar-refractivity contribution in [3.05, 3.63) is 59.7 Å². The van der Waals surface area contributed by atoms with Gasteiger partial charge in [0.1, 0.15) is 0 Å². The Labute approximate surface area is 147 Å². The number of hydrogen-bond acceptors (Lipinski definition) is 4. The zero-order valence-corrected chi connectivity index (χ0v) is 14.5. The minimum atomic E-state index is -0.392. The van der Waals surface area contributed by atoms with Crippen molar-refractivity contribution in [3.63, 3.8) is 0 Å². The van der Waals surface area contributed by atoms with Gasteiger partial charge in [0.15, 0.2) is 0 Å². The Kier molecular flexibility index (Phi) is 5.03. The quantitative estimate of drug-likeness (QED) is 0.870. The van der Waals surface area contributed by atoms with E-state index in [9.17, 15) is 9.59 Å². The predicted molar refractivity (Wildman–Crippen MR) is 98.0 cm³/mol. The van der Waals surface area contributed by atoms with Gasteiger partial charge in [-0.05, 0) is 55.7 Å². The topological polar surface area (TPSA) is 58.6 Å². The average molecular weight is 338 g/mol. The number of aryl methyl sites for hydroxylation is 1. The molecule has 0 spiro atoms. The van der Waals surface area contributed by atoms with E-state index in [0.717, 1.165) is 18.5 Å². The van der Waals surface area contributed by atoms with Crippen molar-refractivity contribution in [1.82, 2.24) is 0 Å². The van der Waals surface area contributed by atoms with E-state index in [1.165, 1.54) is 12.7 Å². The second kappa shape index (κ2) is 7.38. The van der Waals surface area contributed by atoms with Crippen LogP contribution >= 0.6 is 0 Å². The van der Waals surface area contributed by atoms with Crippen LogP contribution in [0.3, 0.4) is 0 Å². The highest BCUT2D eigenvalue weighted by molar-refractivity contribution is 5.95. The van der Waals surface area contributed by atoms with E-state index in [-0.39, 0.29) is 5.91 Å². The number of methoxy groups -OCH3 is 1. The fourth-order valence-corrected chi connectivity index (χ4v) is 3.16. The second-order valence-electron chi connectivity index (χ2n) is 6.26. The SMILES string of the molecule is COC(=O)c1ccc(NC(=O)CN2c3ccccc3CCC2C)cc1. The third-order valence-corrected chi connectivity index (χ3v) is 4.57. The van der Waals surface area contributed by atoms with E-state index >= 15 is 0 Å². The summed E-state index contributed by atoms with van der Waals surface area (Å²) in [4.78, 5) is 26.1. The maximum Gasteiger partial charge on any atom is 0.337 e. The van der Waals surface area contributed by atoms with Crippen LogP contribution in [0.25, 0.3) is 0 Å². The Balaban J connectivity index is 1.67. The molecule has 2 aromatic carbocycles. The highest BCUT2D eigenvalue weighted by Crippen LogP contribution is 2.30. The molecule has 0 saturated heterocycles. The van der Waals surface area contributed by atoms with E-state index in [2.05, 4.69) is 34.0 Å². The number of nitrogens with one attached hydrogen (secondary N) is 1. The van der Waals surface area contributed by atoms with Gasteiger partial charge in [-0.3, -0.25) is 4.79 Å². The molecule has 0 radical (unpaired) electrons. The fourth-order valence-electron chi connectivity index (χ4n) is 3.16. The van der Waals surface area contributed by atoms with Crippen molar-refractivity contribution < 1.29 is 14.3 Å². The van der Waals surface area contributed by atoms with Gasteiger partial charge in [-0.15, -0.1) is 0 Å². The Hall–Kier alpha value is -2.82. The lowest BCUT2D eigenvalue weighted by Gasteiger charge is -2.36. The molecule has 2 aromatic rings. The molecule has 1 aliphatic rings. The van der Waals surface area contributed by atoms with Crippen LogP contribution in [0.4, 0.5) is 11.4 Å². The minimum absolute atomic E-state index is 0.0747. The van der Waals surface area contributed by atoms with Crippen LogP contribution in [0, 0.1) is 0 Å². The molecule has 1 unspecified atom stereocenters. The van der Waals surface area contributed by atoms with E-state index in [1.54, 1.807) is 24.3 Å². The molecule has 1 atom stereocenters. The molecule has 0 aromatic heterocycles. The summed E-state index contributed by atoms with van der Waals surface area (Å²) in [6.07, 6.45) is 2.09. The normalized spacial score (nSPS) is 16.1. The summed E-state index contributed by atoms with van der Waals surface area (Å²) < 4.78 is 4.67. The molecule has 5 nitrogen and oxygen atoms in total. The Morgan fingerprint density at radius 2 is 1.88 bits per heavy atom. The average Bonchev–Trinajstić information content (AvgIpc) is 2.64. The first-order valence-corrected chi connectivity index (χ1v) is 8.41. The van der Waals surface area contributed by atoms with Gasteiger partial charge in [-0.1, -0.05) is 18.2 Å². The molecule has 1 heterocycles. The number of esters is 1. The summed E-state index contributed by atoms with van der Waals surface area (Å²) >= 11 is 0. The van der Waals surface area contributed by atoms with Crippen LogP contribution in [0.2, 0.25) is 0 Å². The van der Waals surface area contributed by atoms with Crippen LogP contribution in [0.15, 0.2) is 48.5 Å². The summed E-state index contributed by atoms with van der Waals surface area (Å²) in [7, 11) is 1.34. The highest BCUT2D eigenvalue weighted by Gasteiger charge is 2.24. The van der Waals surface area contributed by atoms with Crippen molar-refractivity contribution in [3.8, 4) is 0 Å². The van der Waals surface area contributed by atoms with E-state index in [1.807, 2.05) is 12.1 Å². The molecule has 25 heavy (non-hydrogen) atoms. The lowest BCUT2D eigenvalue weighted by atomic mass is 9.96. The molecule has 0 aliphatic carbocycles. The number of para-hydroxylation sites is 1. The molecule has 3 rings (SSSR count). The summed E-state index contributed by atoms with van der Waals surface area (Å²) in [5.74, 6) is -0.467. The molecular formula is C20H22N2O3. The Bertz CT molecular complexity index is 771. The number of carbonyl (C=O) groups excluding carboxylic acids is 2. The van der Waals surface area contributed by atoms with Gasteiger partial charge in [0.05, 0.1) is 19.2 Å². The van der Waals surface area contributed by atoms with Gasteiger partial charge in [-0.2, -0.15) is 0 Å². The number of fused-ring (bicyclic) bond motifs is 1. The maximum absolute atomic E-state index is 12.5. The lowest BCUT2D eigenvalue weighted by Crippen LogP contribution is -2.42. The minimum Gasteiger partial charge on any atom is -0.465 e. The van der Waals surface area contributed by atoms with Crippen LogP contribution in [0.5, 0.6) is 0 Å². The van der Waals surface area contributed by atoms with Crippen molar-refractivity contribution in [2.24, 2.45) is 0 Å². The number of hydrogen-bond donors (Lipinski definition) is 1. The summed E-state index contributed by atoms with van der Waals surface area (Å²) in [6.45, 7) is 2.45. The first-order chi connectivity index (χ1) is 12.1. The van der Waals surface area contributed by atoms with Crippen molar-refractivity contribution in [2.75, 3.05) is 23.9 Å². The van der Waals surface area contributed by atoms with E-state index < -0.39 is 5.97 Å². The number of carbonyl (C=O) groups is 2. The van der Waals surface area contributed by atoms with Gasteiger partial charge < -0.3 is 15.0 Å². The molecule has 1 amide bonds. The zero-order chi connectivity index (χ0) is 17.8. The Morgan fingerprint density at radius 1 is 1.16 bits per heavy atom. The number of rotatable bonds is 4. The van der Waals surface area contributed by atoms with Gasteiger partial charge in [0.25, 0.3) is 0 Å². The van der Waals surface area contributed by atoms with Crippen LogP contribution in [-0.2, 0) is 16.0 Å².